The van der Waals surface area contributed by atoms with Crippen molar-refractivity contribution in [1.29, 1.82) is 0 Å². The van der Waals surface area contributed by atoms with Crippen LogP contribution in [-0.4, -0.2) is 60.4 Å². The van der Waals surface area contributed by atoms with Crippen molar-refractivity contribution in [2.24, 2.45) is 10.9 Å². The number of hydrogen-bond acceptors (Lipinski definition) is 6. The Labute approximate surface area is 193 Å². The molecular formula is C24H27ClN4O3. The van der Waals surface area contributed by atoms with Crippen molar-refractivity contribution in [3.63, 3.8) is 0 Å². The number of halogens is 1. The number of nitrogens with zero attached hydrogens (tertiary/aromatic N) is 3. The molecule has 0 unspecified atom stereocenters. The summed E-state index contributed by atoms with van der Waals surface area (Å²) in [7, 11) is 0. The van der Waals surface area contributed by atoms with Crippen LogP contribution in [0.15, 0.2) is 59.6 Å². The van der Waals surface area contributed by atoms with Crippen LogP contribution >= 0.6 is 11.6 Å². The van der Waals surface area contributed by atoms with Gasteiger partial charge in [0.05, 0.1) is 6.61 Å². The molecule has 2 heterocycles. The summed E-state index contributed by atoms with van der Waals surface area (Å²) in [6.07, 6.45) is 0. The van der Waals surface area contributed by atoms with Crippen molar-refractivity contribution in [1.82, 2.24) is 15.1 Å². The number of rotatable bonds is 5. The van der Waals surface area contributed by atoms with E-state index in [1.807, 2.05) is 24.3 Å². The second-order valence-electron chi connectivity index (χ2n) is 7.92. The van der Waals surface area contributed by atoms with Crippen LogP contribution in [0.4, 0.5) is 0 Å². The molecule has 32 heavy (non-hydrogen) atoms. The van der Waals surface area contributed by atoms with Gasteiger partial charge >= 0.3 is 5.97 Å². The van der Waals surface area contributed by atoms with E-state index in [4.69, 9.17) is 21.3 Å². The van der Waals surface area contributed by atoms with Gasteiger partial charge in [-0.15, -0.1) is 0 Å². The number of guanidine groups is 1. The van der Waals surface area contributed by atoms with E-state index in [-0.39, 0.29) is 6.61 Å². The molecule has 0 radical (unpaired) electrons. The van der Waals surface area contributed by atoms with Crippen LogP contribution in [0.5, 0.6) is 0 Å². The summed E-state index contributed by atoms with van der Waals surface area (Å²) in [6, 6.07) is 16.8. The van der Waals surface area contributed by atoms with Crippen LogP contribution in [0.3, 0.4) is 0 Å². The second kappa shape index (κ2) is 10.1. The average molecular weight is 455 g/mol. The van der Waals surface area contributed by atoms with E-state index in [1.54, 1.807) is 25.1 Å². The molecule has 168 valence electrons. The number of amides is 1. The fourth-order valence-corrected chi connectivity index (χ4v) is 4.31. The molecule has 7 nitrogen and oxygen atoms in total. The molecule has 0 bridgehead atoms. The summed E-state index contributed by atoms with van der Waals surface area (Å²) < 4.78 is 5.16. The maximum absolute atomic E-state index is 13.0. The Balaban J connectivity index is 1.51. The summed E-state index contributed by atoms with van der Waals surface area (Å²) in [5.41, 5.74) is 1.99. The quantitative estimate of drug-likeness (QED) is 0.555. The second-order valence-corrected chi connectivity index (χ2v) is 8.36. The molecule has 2 aliphatic heterocycles. The molecule has 2 aromatic rings. The zero-order valence-electron chi connectivity index (χ0n) is 18.0. The van der Waals surface area contributed by atoms with Crippen LogP contribution in [0, 0.1) is 5.92 Å². The lowest BCUT2D eigenvalue weighted by molar-refractivity contribution is -0.153. The van der Waals surface area contributed by atoms with E-state index >= 15 is 0 Å². The SMILES string of the molecule is CCOC(=O)[C@H]1C(=O)NC(N2CCN(Cc3ccccc3)CC2)=N[C@@H]1c1cccc(Cl)c1. The standard InChI is InChI=1S/C24H27ClN4O3/c1-2-32-23(31)20-21(18-9-6-10-19(25)15-18)26-24(27-22(20)30)29-13-11-28(12-14-29)16-17-7-4-3-5-8-17/h3-10,15,20-21H,2,11-14,16H2,1H3,(H,26,27,30)/t20-,21-/m1/s1. The van der Waals surface area contributed by atoms with Gasteiger partial charge in [0.25, 0.3) is 0 Å². The third-order valence-electron chi connectivity index (χ3n) is 5.75. The maximum Gasteiger partial charge on any atom is 0.321 e. The molecular weight excluding hydrogens is 428 g/mol. The zero-order chi connectivity index (χ0) is 22.5. The molecule has 4 rings (SSSR count). The van der Waals surface area contributed by atoms with E-state index in [2.05, 4.69) is 27.2 Å². The van der Waals surface area contributed by atoms with Gasteiger partial charge < -0.3 is 9.64 Å². The minimum atomic E-state index is -1.04. The smallest absolute Gasteiger partial charge is 0.321 e. The number of aliphatic imine (C=N–C) groups is 1. The first-order chi connectivity index (χ1) is 15.5. The molecule has 1 N–H and O–H groups in total. The van der Waals surface area contributed by atoms with Gasteiger partial charge in [-0.2, -0.15) is 0 Å². The highest BCUT2D eigenvalue weighted by Crippen LogP contribution is 2.32. The molecule has 0 aromatic heterocycles. The molecule has 2 aliphatic rings. The molecule has 2 aromatic carbocycles. The van der Waals surface area contributed by atoms with Crippen LogP contribution < -0.4 is 5.32 Å². The Bertz CT molecular complexity index is 990. The predicted molar refractivity (Wildman–Crippen MR) is 123 cm³/mol. The first-order valence-corrected chi connectivity index (χ1v) is 11.2. The number of benzene rings is 2. The number of hydrogen-bond donors (Lipinski definition) is 1. The van der Waals surface area contributed by atoms with Gasteiger partial charge in [-0.25, -0.2) is 4.99 Å². The third kappa shape index (κ3) is 5.11. The van der Waals surface area contributed by atoms with Crippen LogP contribution in [0.1, 0.15) is 24.1 Å². The first-order valence-electron chi connectivity index (χ1n) is 10.9. The fraction of sp³-hybridized carbons (Fsp3) is 0.375. The number of piperazine rings is 1. The lowest BCUT2D eigenvalue weighted by Gasteiger charge is -2.39. The molecule has 0 aliphatic carbocycles. The molecule has 1 saturated heterocycles. The summed E-state index contributed by atoms with van der Waals surface area (Å²) >= 11 is 6.18. The Kier molecular flexibility index (Phi) is 7.07. The summed E-state index contributed by atoms with van der Waals surface area (Å²) in [4.78, 5) is 34.8. The van der Waals surface area contributed by atoms with Gasteiger partial charge in [0, 0.05) is 37.7 Å². The minimum Gasteiger partial charge on any atom is -0.465 e. The van der Waals surface area contributed by atoms with E-state index in [0.29, 0.717) is 16.5 Å². The van der Waals surface area contributed by atoms with Gasteiger partial charge in [0.2, 0.25) is 11.9 Å². The van der Waals surface area contributed by atoms with Crippen molar-refractivity contribution in [2.45, 2.75) is 19.5 Å². The maximum atomic E-state index is 13.0. The van der Waals surface area contributed by atoms with E-state index in [1.165, 1.54) is 5.56 Å². The van der Waals surface area contributed by atoms with E-state index in [9.17, 15) is 9.59 Å². The lowest BCUT2D eigenvalue weighted by Crippen LogP contribution is -2.57. The summed E-state index contributed by atoms with van der Waals surface area (Å²) in [5.74, 6) is -1.52. The van der Waals surface area contributed by atoms with Crippen molar-refractivity contribution in [3.8, 4) is 0 Å². The third-order valence-corrected chi connectivity index (χ3v) is 5.98. The summed E-state index contributed by atoms with van der Waals surface area (Å²) in [5, 5.41) is 3.37. The molecule has 1 fully saturated rings. The highest BCUT2D eigenvalue weighted by atomic mass is 35.5. The van der Waals surface area contributed by atoms with Crippen LogP contribution in [-0.2, 0) is 20.9 Å². The number of esters is 1. The van der Waals surface area contributed by atoms with E-state index in [0.717, 1.165) is 32.7 Å². The summed E-state index contributed by atoms with van der Waals surface area (Å²) in [6.45, 7) is 5.99. The van der Waals surface area contributed by atoms with Gasteiger partial charge in [-0.05, 0) is 30.2 Å². The minimum absolute atomic E-state index is 0.199. The van der Waals surface area contributed by atoms with Gasteiger partial charge in [-0.3, -0.25) is 19.8 Å². The number of carbonyl (C=O) groups is 2. The van der Waals surface area contributed by atoms with Crippen LogP contribution in [0.25, 0.3) is 0 Å². The van der Waals surface area contributed by atoms with Gasteiger partial charge in [0.1, 0.15) is 6.04 Å². The number of nitrogens with one attached hydrogen (secondary N) is 1. The fourth-order valence-electron chi connectivity index (χ4n) is 4.12. The van der Waals surface area contributed by atoms with E-state index < -0.39 is 23.8 Å². The topological polar surface area (TPSA) is 74.2 Å². The Morgan fingerprint density at radius 3 is 2.56 bits per heavy atom. The molecule has 1 amide bonds. The monoisotopic (exact) mass is 454 g/mol. The Morgan fingerprint density at radius 1 is 1.12 bits per heavy atom. The average Bonchev–Trinajstić information content (AvgIpc) is 2.80. The molecule has 2 atom stereocenters. The zero-order valence-corrected chi connectivity index (χ0v) is 18.8. The first kappa shape index (κ1) is 22.3. The predicted octanol–water partition coefficient (Wildman–Crippen LogP) is 2.86. The highest BCUT2D eigenvalue weighted by molar-refractivity contribution is 6.30. The molecule has 8 heteroatoms. The normalized spacial score (nSPS) is 21.6. The van der Waals surface area contributed by atoms with Crippen molar-refractivity contribution in [2.75, 3.05) is 32.8 Å². The van der Waals surface area contributed by atoms with Crippen molar-refractivity contribution >= 4 is 29.4 Å². The van der Waals surface area contributed by atoms with Gasteiger partial charge in [0.15, 0.2) is 5.92 Å². The van der Waals surface area contributed by atoms with Crippen LogP contribution in [0.2, 0.25) is 5.02 Å². The highest BCUT2D eigenvalue weighted by Gasteiger charge is 2.42. The lowest BCUT2D eigenvalue weighted by atomic mass is 9.91. The van der Waals surface area contributed by atoms with Crippen molar-refractivity contribution in [3.05, 3.63) is 70.7 Å². The Morgan fingerprint density at radius 2 is 1.88 bits per heavy atom. The molecule has 0 spiro atoms. The number of carbonyl (C=O) groups excluding carboxylic acids is 2. The van der Waals surface area contributed by atoms with Crippen molar-refractivity contribution < 1.29 is 14.3 Å². The largest absolute Gasteiger partial charge is 0.465 e. The number of ether oxygens (including phenoxy) is 1. The van der Waals surface area contributed by atoms with Gasteiger partial charge in [-0.1, -0.05) is 54.1 Å². The Hall–Kier alpha value is -2.90. The molecule has 0 saturated carbocycles.